The maximum Gasteiger partial charge on any atom is 0.246 e. The second-order valence-electron chi connectivity index (χ2n) is 6.83. The number of likely N-dealkylation sites (tertiary alicyclic amines) is 1. The lowest BCUT2D eigenvalue weighted by Gasteiger charge is -2.41. The van der Waals surface area contributed by atoms with Crippen molar-refractivity contribution in [3.63, 3.8) is 0 Å². The molecule has 0 unspecified atom stereocenters. The highest BCUT2D eigenvalue weighted by Gasteiger charge is 2.42. The molecule has 0 radical (unpaired) electrons. The van der Waals surface area contributed by atoms with Crippen molar-refractivity contribution < 1.29 is 14.1 Å². The molecule has 1 N–H and O–H groups in total. The third-order valence-electron chi connectivity index (χ3n) is 5.26. The van der Waals surface area contributed by atoms with Crippen LogP contribution >= 0.6 is 0 Å². The van der Waals surface area contributed by atoms with Gasteiger partial charge >= 0.3 is 0 Å². The van der Waals surface area contributed by atoms with Crippen molar-refractivity contribution in [1.29, 1.82) is 0 Å². The van der Waals surface area contributed by atoms with Crippen LogP contribution < -0.4 is 5.32 Å². The maximum atomic E-state index is 13.0. The molecule has 3 heterocycles. The Morgan fingerprint density at radius 3 is 2.73 bits per heavy atom. The molecule has 1 amide bonds. The van der Waals surface area contributed by atoms with E-state index in [4.69, 9.17) is 9.26 Å². The van der Waals surface area contributed by atoms with Crippen LogP contribution in [0.1, 0.15) is 29.9 Å². The Labute approximate surface area is 153 Å². The molecule has 0 aromatic carbocycles. The molecule has 142 valence electrons. The van der Waals surface area contributed by atoms with Crippen LogP contribution in [0.4, 0.5) is 0 Å². The van der Waals surface area contributed by atoms with Gasteiger partial charge in [0.15, 0.2) is 0 Å². The highest BCUT2D eigenvalue weighted by Crippen LogP contribution is 2.31. The smallest absolute Gasteiger partial charge is 0.246 e. The van der Waals surface area contributed by atoms with E-state index in [1.165, 1.54) is 0 Å². The number of carbonyl (C=O) groups excluding carboxylic acids is 1. The van der Waals surface area contributed by atoms with Gasteiger partial charge in [0.25, 0.3) is 0 Å². The molecule has 0 atom stereocenters. The predicted molar refractivity (Wildman–Crippen MR) is 95.6 cm³/mol. The second kappa shape index (κ2) is 8.01. The topological polar surface area (TPSA) is 85.4 Å². The van der Waals surface area contributed by atoms with E-state index in [1.54, 1.807) is 19.6 Å². The molecule has 8 nitrogen and oxygen atoms in total. The quantitative estimate of drug-likeness (QED) is 0.747. The number of carbonyl (C=O) groups is 1. The SMILES string of the molecule is COCCNC(=O)C1(n2ccnc2)CCN(Cc2c(C)noc2C)CC1. The van der Waals surface area contributed by atoms with Crippen LogP contribution in [0.3, 0.4) is 0 Å². The van der Waals surface area contributed by atoms with Crippen molar-refractivity contribution in [3.8, 4) is 0 Å². The van der Waals surface area contributed by atoms with Crippen LogP contribution in [0.25, 0.3) is 0 Å². The Bertz CT molecular complexity index is 698. The highest BCUT2D eigenvalue weighted by atomic mass is 16.5. The van der Waals surface area contributed by atoms with E-state index in [2.05, 4.69) is 20.4 Å². The van der Waals surface area contributed by atoms with E-state index in [0.29, 0.717) is 13.2 Å². The highest BCUT2D eigenvalue weighted by molar-refractivity contribution is 5.84. The van der Waals surface area contributed by atoms with Crippen molar-refractivity contribution >= 4 is 5.91 Å². The monoisotopic (exact) mass is 361 g/mol. The van der Waals surface area contributed by atoms with Gasteiger partial charge in [0, 0.05) is 51.2 Å². The summed E-state index contributed by atoms with van der Waals surface area (Å²) >= 11 is 0. The van der Waals surface area contributed by atoms with Crippen molar-refractivity contribution in [2.75, 3.05) is 33.4 Å². The molecule has 0 saturated carbocycles. The van der Waals surface area contributed by atoms with Gasteiger partial charge in [-0.15, -0.1) is 0 Å². The molecule has 2 aromatic rings. The summed E-state index contributed by atoms with van der Waals surface area (Å²) < 4.78 is 12.3. The van der Waals surface area contributed by atoms with Gasteiger partial charge in [-0.3, -0.25) is 9.69 Å². The fourth-order valence-corrected chi connectivity index (χ4v) is 3.58. The summed E-state index contributed by atoms with van der Waals surface area (Å²) in [5, 5.41) is 7.04. The van der Waals surface area contributed by atoms with Gasteiger partial charge in [-0.1, -0.05) is 5.16 Å². The normalized spacial score (nSPS) is 17.3. The molecule has 3 rings (SSSR count). The molecule has 1 aliphatic heterocycles. The molecular weight excluding hydrogens is 334 g/mol. The summed E-state index contributed by atoms with van der Waals surface area (Å²) in [6, 6.07) is 0. The van der Waals surface area contributed by atoms with Crippen molar-refractivity contribution in [1.82, 2.24) is 24.9 Å². The number of nitrogens with one attached hydrogen (secondary N) is 1. The zero-order valence-corrected chi connectivity index (χ0v) is 15.7. The third-order valence-corrected chi connectivity index (χ3v) is 5.26. The van der Waals surface area contributed by atoms with E-state index in [1.807, 2.05) is 24.6 Å². The van der Waals surface area contributed by atoms with E-state index < -0.39 is 5.54 Å². The zero-order chi connectivity index (χ0) is 18.6. The van der Waals surface area contributed by atoms with Crippen LogP contribution in [0.5, 0.6) is 0 Å². The van der Waals surface area contributed by atoms with E-state index >= 15 is 0 Å². The average Bonchev–Trinajstić information content (AvgIpc) is 3.29. The third kappa shape index (κ3) is 3.66. The van der Waals surface area contributed by atoms with Gasteiger partial charge in [0.2, 0.25) is 5.91 Å². The Balaban J connectivity index is 1.70. The number of aryl methyl sites for hydroxylation is 2. The van der Waals surface area contributed by atoms with Crippen LogP contribution in [-0.2, 0) is 21.6 Å². The lowest BCUT2D eigenvalue weighted by molar-refractivity contribution is -0.132. The van der Waals surface area contributed by atoms with Crippen molar-refractivity contribution in [3.05, 3.63) is 35.7 Å². The Kier molecular flexibility index (Phi) is 5.73. The molecule has 1 saturated heterocycles. The average molecular weight is 361 g/mol. The number of imidazole rings is 1. The Hall–Kier alpha value is -2.19. The van der Waals surface area contributed by atoms with Crippen LogP contribution in [0.2, 0.25) is 0 Å². The van der Waals surface area contributed by atoms with Crippen molar-refractivity contribution in [2.24, 2.45) is 0 Å². The molecule has 0 aliphatic carbocycles. The number of ether oxygens (including phenoxy) is 1. The van der Waals surface area contributed by atoms with Gasteiger partial charge in [-0.25, -0.2) is 4.98 Å². The first-order chi connectivity index (χ1) is 12.6. The molecule has 1 aliphatic rings. The first-order valence-electron chi connectivity index (χ1n) is 8.96. The summed E-state index contributed by atoms with van der Waals surface area (Å²) in [5.41, 5.74) is 1.48. The molecule has 0 spiro atoms. The van der Waals surface area contributed by atoms with Gasteiger partial charge < -0.3 is 19.1 Å². The van der Waals surface area contributed by atoms with E-state index in [0.717, 1.165) is 49.5 Å². The van der Waals surface area contributed by atoms with Crippen LogP contribution in [0.15, 0.2) is 23.2 Å². The van der Waals surface area contributed by atoms with Crippen molar-refractivity contribution in [2.45, 2.75) is 38.8 Å². The largest absolute Gasteiger partial charge is 0.383 e. The number of aromatic nitrogens is 3. The lowest BCUT2D eigenvalue weighted by Crippen LogP contribution is -2.55. The van der Waals surface area contributed by atoms with Crippen LogP contribution in [0, 0.1) is 13.8 Å². The summed E-state index contributed by atoms with van der Waals surface area (Å²) in [7, 11) is 1.63. The van der Waals surface area contributed by atoms with Gasteiger partial charge in [0.1, 0.15) is 11.3 Å². The Morgan fingerprint density at radius 2 is 2.15 bits per heavy atom. The molecule has 2 aromatic heterocycles. The molecule has 1 fully saturated rings. The minimum absolute atomic E-state index is 0.0320. The number of hydrogen-bond donors (Lipinski definition) is 1. The second-order valence-corrected chi connectivity index (χ2v) is 6.83. The van der Waals surface area contributed by atoms with Gasteiger partial charge in [0.05, 0.1) is 18.6 Å². The molecule has 8 heteroatoms. The fraction of sp³-hybridized carbons (Fsp3) is 0.611. The fourth-order valence-electron chi connectivity index (χ4n) is 3.58. The summed E-state index contributed by atoms with van der Waals surface area (Å²) in [6.07, 6.45) is 6.79. The number of methoxy groups -OCH3 is 1. The summed E-state index contributed by atoms with van der Waals surface area (Å²) in [4.78, 5) is 19.5. The van der Waals surface area contributed by atoms with E-state index in [9.17, 15) is 4.79 Å². The number of rotatable bonds is 7. The number of nitrogens with zero attached hydrogens (tertiary/aromatic N) is 4. The van der Waals surface area contributed by atoms with Gasteiger partial charge in [-0.2, -0.15) is 0 Å². The summed E-state index contributed by atoms with van der Waals surface area (Å²) in [5.74, 6) is 0.899. The summed E-state index contributed by atoms with van der Waals surface area (Å²) in [6.45, 7) is 7.36. The number of hydrogen-bond acceptors (Lipinski definition) is 6. The molecule has 0 bridgehead atoms. The standard InChI is InChI=1S/C18H27N5O3/c1-14-16(15(2)26-21-14)12-22-8-4-18(5-9-22,23-10-6-19-13-23)17(24)20-7-11-25-3/h6,10,13H,4-5,7-9,11-12H2,1-3H3,(H,20,24). The van der Waals surface area contributed by atoms with E-state index in [-0.39, 0.29) is 5.91 Å². The number of amides is 1. The molecule has 26 heavy (non-hydrogen) atoms. The Morgan fingerprint density at radius 1 is 1.38 bits per heavy atom. The first-order valence-corrected chi connectivity index (χ1v) is 8.96. The lowest BCUT2D eigenvalue weighted by atomic mass is 9.85. The predicted octanol–water partition coefficient (Wildman–Crippen LogP) is 1.24. The first kappa shape index (κ1) is 18.6. The minimum atomic E-state index is -0.598. The number of piperidine rings is 1. The minimum Gasteiger partial charge on any atom is -0.383 e. The zero-order valence-electron chi connectivity index (χ0n) is 15.7. The van der Waals surface area contributed by atoms with Crippen LogP contribution in [-0.4, -0.2) is 58.9 Å². The van der Waals surface area contributed by atoms with Gasteiger partial charge in [-0.05, 0) is 26.7 Å². The molecular formula is C18H27N5O3. The maximum absolute atomic E-state index is 13.0.